The van der Waals surface area contributed by atoms with E-state index in [0.29, 0.717) is 0 Å². The molecule has 182 valence electrons. The van der Waals surface area contributed by atoms with E-state index in [1.807, 2.05) is 12.2 Å². The average molecular weight is 492 g/mol. The van der Waals surface area contributed by atoms with E-state index in [0.717, 1.165) is 23.3 Å². The highest BCUT2D eigenvalue weighted by Gasteiger charge is 2.25. The van der Waals surface area contributed by atoms with Gasteiger partial charge in [-0.1, -0.05) is 12.2 Å². The number of benzene rings is 2. The van der Waals surface area contributed by atoms with Crippen molar-refractivity contribution < 1.29 is 19.7 Å². The number of non-ortho nitro benzene ring substituents is 2. The number of nitro groups is 4. The summed E-state index contributed by atoms with van der Waals surface area (Å²) >= 11 is 0. The normalized spacial score (nSPS) is 14.8. The van der Waals surface area contributed by atoms with Crippen molar-refractivity contribution in [2.75, 3.05) is 22.9 Å². The predicted molar refractivity (Wildman–Crippen MR) is 129 cm³/mol. The van der Waals surface area contributed by atoms with E-state index in [2.05, 4.69) is 0 Å². The Balaban J connectivity index is 1.50. The summed E-state index contributed by atoms with van der Waals surface area (Å²) in [6.45, 7) is 0.542. The van der Waals surface area contributed by atoms with Crippen LogP contribution in [-0.2, 0) is 0 Å². The minimum Gasteiger partial charge on any atom is -0.339 e. The van der Waals surface area contributed by atoms with Crippen LogP contribution >= 0.6 is 0 Å². The van der Waals surface area contributed by atoms with Crippen molar-refractivity contribution in [3.05, 3.63) is 125 Å². The van der Waals surface area contributed by atoms with Crippen LogP contribution in [0.2, 0.25) is 0 Å². The second-order valence-corrected chi connectivity index (χ2v) is 7.63. The molecule has 0 radical (unpaired) electrons. The zero-order valence-corrected chi connectivity index (χ0v) is 18.3. The molecule has 0 atom stereocenters. The lowest BCUT2D eigenvalue weighted by molar-refractivity contribution is -0.394. The number of anilines is 2. The summed E-state index contributed by atoms with van der Waals surface area (Å²) in [5, 5.41) is 44.8. The van der Waals surface area contributed by atoms with Gasteiger partial charge < -0.3 is 9.80 Å². The van der Waals surface area contributed by atoms with Gasteiger partial charge in [0.05, 0.1) is 31.8 Å². The van der Waals surface area contributed by atoms with Gasteiger partial charge in [0.15, 0.2) is 0 Å². The minimum atomic E-state index is -0.697. The SMILES string of the molecule is O=[N+]([O-])c1ccc(N2C=CC(C3=CCN(c4ccc([N+](=O)[O-])cc4[N+](=O)[O-])C=C3)=CC2)c([N+](=O)[O-])c1. The van der Waals surface area contributed by atoms with E-state index in [4.69, 9.17) is 0 Å². The Morgan fingerprint density at radius 2 is 0.972 bits per heavy atom. The Morgan fingerprint density at radius 3 is 1.25 bits per heavy atom. The molecule has 2 aromatic carbocycles. The molecule has 2 aliphatic rings. The average Bonchev–Trinajstić information content (AvgIpc) is 2.88. The Kier molecular flexibility index (Phi) is 6.24. The zero-order chi connectivity index (χ0) is 26.0. The third-order valence-corrected chi connectivity index (χ3v) is 5.57. The molecular weight excluding hydrogens is 476 g/mol. The van der Waals surface area contributed by atoms with E-state index in [-0.39, 0.29) is 47.2 Å². The first-order valence-electron chi connectivity index (χ1n) is 10.3. The lowest BCUT2D eigenvalue weighted by atomic mass is 10.0. The Labute approximate surface area is 201 Å². The van der Waals surface area contributed by atoms with Gasteiger partial charge in [-0.05, 0) is 35.4 Å². The van der Waals surface area contributed by atoms with Crippen molar-refractivity contribution in [2.45, 2.75) is 0 Å². The van der Waals surface area contributed by atoms with Crippen LogP contribution in [0.3, 0.4) is 0 Å². The minimum absolute atomic E-state index is 0.210. The fourth-order valence-corrected chi connectivity index (χ4v) is 3.81. The summed E-state index contributed by atoms with van der Waals surface area (Å²) in [4.78, 5) is 45.2. The third kappa shape index (κ3) is 4.63. The van der Waals surface area contributed by atoms with Gasteiger partial charge in [-0.3, -0.25) is 40.5 Å². The van der Waals surface area contributed by atoms with Crippen molar-refractivity contribution in [1.82, 2.24) is 0 Å². The maximum absolute atomic E-state index is 11.4. The van der Waals surface area contributed by atoms with Gasteiger partial charge in [-0.2, -0.15) is 0 Å². The zero-order valence-electron chi connectivity index (χ0n) is 18.3. The van der Waals surface area contributed by atoms with Crippen molar-refractivity contribution in [3.63, 3.8) is 0 Å². The van der Waals surface area contributed by atoms with Gasteiger partial charge in [0.25, 0.3) is 22.7 Å². The van der Waals surface area contributed by atoms with E-state index >= 15 is 0 Å². The van der Waals surface area contributed by atoms with Crippen LogP contribution in [0, 0.1) is 40.5 Å². The first-order chi connectivity index (χ1) is 17.2. The summed E-state index contributed by atoms with van der Waals surface area (Å²) in [5.41, 5.74) is 0.514. The molecule has 0 saturated carbocycles. The molecular formula is C22H16N6O8. The molecule has 0 saturated heterocycles. The van der Waals surface area contributed by atoms with Gasteiger partial charge in [-0.15, -0.1) is 0 Å². The maximum Gasteiger partial charge on any atom is 0.299 e. The number of nitro benzene ring substituents is 4. The summed E-state index contributed by atoms with van der Waals surface area (Å²) < 4.78 is 0. The second kappa shape index (κ2) is 9.46. The Bertz CT molecular complexity index is 1320. The molecule has 0 amide bonds. The summed E-state index contributed by atoms with van der Waals surface area (Å²) in [6, 6.07) is 6.89. The lowest BCUT2D eigenvalue weighted by Gasteiger charge is -2.25. The Hall–Kier alpha value is -5.40. The molecule has 14 heteroatoms. The second-order valence-electron chi connectivity index (χ2n) is 7.63. The van der Waals surface area contributed by atoms with Gasteiger partial charge in [0.1, 0.15) is 11.4 Å². The molecule has 0 unspecified atom stereocenters. The van der Waals surface area contributed by atoms with Crippen LogP contribution in [0.5, 0.6) is 0 Å². The molecule has 4 rings (SSSR count). The number of rotatable bonds is 7. The maximum atomic E-state index is 11.4. The van der Waals surface area contributed by atoms with E-state index in [1.165, 1.54) is 24.3 Å². The van der Waals surface area contributed by atoms with Crippen LogP contribution in [-0.4, -0.2) is 32.8 Å². The molecule has 0 fully saturated rings. The highest BCUT2D eigenvalue weighted by Crippen LogP contribution is 2.36. The topological polar surface area (TPSA) is 179 Å². The van der Waals surface area contributed by atoms with Crippen molar-refractivity contribution >= 4 is 34.1 Å². The molecule has 0 aromatic heterocycles. The smallest absolute Gasteiger partial charge is 0.299 e. The van der Waals surface area contributed by atoms with Gasteiger partial charge in [0.2, 0.25) is 0 Å². The number of nitrogens with zero attached hydrogens (tertiary/aromatic N) is 6. The van der Waals surface area contributed by atoms with Crippen LogP contribution in [0.15, 0.2) is 84.2 Å². The first-order valence-corrected chi connectivity index (χ1v) is 10.3. The molecule has 2 heterocycles. The van der Waals surface area contributed by atoms with E-state index < -0.39 is 19.7 Å². The van der Waals surface area contributed by atoms with Gasteiger partial charge >= 0.3 is 0 Å². The van der Waals surface area contributed by atoms with Crippen LogP contribution in [0.25, 0.3) is 0 Å². The molecule has 0 bridgehead atoms. The highest BCUT2D eigenvalue weighted by molar-refractivity contribution is 5.71. The molecule has 36 heavy (non-hydrogen) atoms. The quantitative estimate of drug-likeness (QED) is 0.393. The highest BCUT2D eigenvalue weighted by atomic mass is 16.6. The molecule has 2 aromatic rings. The molecule has 0 N–H and O–H groups in total. The molecule has 14 nitrogen and oxygen atoms in total. The largest absolute Gasteiger partial charge is 0.339 e. The fourth-order valence-electron chi connectivity index (χ4n) is 3.81. The summed E-state index contributed by atoms with van der Waals surface area (Å²) in [7, 11) is 0. The molecule has 0 aliphatic carbocycles. The first kappa shape index (κ1) is 23.7. The van der Waals surface area contributed by atoms with Crippen molar-refractivity contribution in [3.8, 4) is 0 Å². The van der Waals surface area contributed by atoms with E-state index in [1.54, 1.807) is 34.4 Å². The molecule has 2 aliphatic heterocycles. The predicted octanol–water partition coefficient (Wildman–Crippen LogP) is 4.54. The summed E-state index contributed by atoms with van der Waals surface area (Å²) in [6.07, 6.45) is 10.4. The van der Waals surface area contributed by atoms with Crippen LogP contribution in [0.4, 0.5) is 34.1 Å². The van der Waals surface area contributed by atoms with Gasteiger partial charge in [0, 0.05) is 37.6 Å². The summed E-state index contributed by atoms with van der Waals surface area (Å²) in [5.74, 6) is 0. The monoisotopic (exact) mass is 492 g/mol. The standard InChI is InChI=1S/C22H16N6O8/c29-25(30)17-1-3-19(21(13-17)27(33)34)23-9-5-15(6-10-23)16-7-11-24(12-8-16)20-4-2-18(26(31)32)14-22(20)28(35)36/h1-9,11,13-14H,10,12H2. The lowest BCUT2D eigenvalue weighted by Crippen LogP contribution is -2.22. The van der Waals surface area contributed by atoms with Crippen LogP contribution in [0.1, 0.15) is 0 Å². The van der Waals surface area contributed by atoms with Crippen molar-refractivity contribution in [2.24, 2.45) is 0 Å². The third-order valence-electron chi connectivity index (χ3n) is 5.57. The molecule has 0 spiro atoms. The number of hydrogen-bond acceptors (Lipinski definition) is 10. The van der Waals surface area contributed by atoms with Crippen LogP contribution < -0.4 is 9.80 Å². The van der Waals surface area contributed by atoms with Gasteiger partial charge in [-0.25, -0.2) is 0 Å². The number of hydrogen-bond donors (Lipinski definition) is 0. The fraction of sp³-hybridized carbons (Fsp3) is 0.0909. The van der Waals surface area contributed by atoms with E-state index in [9.17, 15) is 40.5 Å². The number of allylic oxidation sites excluding steroid dienone is 4. The van der Waals surface area contributed by atoms with Crippen molar-refractivity contribution in [1.29, 1.82) is 0 Å². The Morgan fingerprint density at radius 1 is 0.583 bits per heavy atom.